The number of hydrogen-bond acceptors (Lipinski definition) is 3. The number of hydrogen-bond donors (Lipinski definition) is 0. The van der Waals surface area contributed by atoms with Crippen LogP contribution in [0.25, 0.3) is 0 Å². The molecule has 82 valence electrons. The predicted molar refractivity (Wildman–Crippen MR) is 61.4 cm³/mol. The van der Waals surface area contributed by atoms with Gasteiger partial charge in [-0.2, -0.15) is 0 Å². The second-order valence-electron chi connectivity index (χ2n) is 3.31. The highest BCUT2D eigenvalue weighted by atomic mass is 16.7. The zero-order chi connectivity index (χ0) is 11.1. The SMILES string of the molecule is COC(C/N=C/c1ccc(C)cc1)OC. The second kappa shape index (κ2) is 6.32. The molecule has 0 atom stereocenters. The Balaban J connectivity index is 2.47. The van der Waals surface area contributed by atoms with Gasteiger partial charge in [0.15, 0.2) is 6.29 Å². The van der Waals surface area contributed by atoms with Crippen LogP contribution in [0.2, 0.25) is 0 Å². The summed E-state index contributed by atoms with van der Waals surface area (Å²) < 4.78 is 10.0. The molecule has 0 unspecified atom stereocenters. The average Bonchev–Trinajstić information content (AvgIpc) is 2.27. The molecule has 15 heavy (non-hydrogen) atoms. The zero-order valence-electron chi connectivity index (χ0n) is 9.43. The molecule has 0 amide bonds. The van der Waals surface area contributed by atoms with E-state index in [1.165, 1.54) is 5.56 Å². The van der Waals surface area contributed by atoms with Crippen LogP contribution in [0.1, 0.15) is 11.1 Å². The summed E-state index contributed by atoms with van der Waals surface area (Å²) in [6, 6.07) is 8.19. The van der Waals surface area contributed by atoms with Crippen molar-refractivity contribution in [2.24, 2.45) is 4.99 Å². The van der Waals surface area contributed by atoms with Gasteiger partial charge in [0.2, 0.25) is 0 Å². The molecule has 1 rings (SSSR count). The molecule has 0 aliphatic heterocycles. The molecule has 0 spiro atoms. The quantitative estimate of drug-likeness (QED) is 0.546. The van der Waals surface area contributed by atoms with Crippen LogP contribution in [0.5, 0.6) is 0 Å². The van der Waals surface area contributed by atoms with Gasteiger partial charge in [-0.05, 0) is 12.5 Å². The summed E-state index contributed by atoms with van der Waals surface area (Å²) in [5, 5.41) is 0. The summed E-state index contributed by atoms with van der Waals surface area (Å²) in [5.41, 5.74) is 2.34. The topological polar surface area (TPSA) is 30.8 Å². The Morgan fingerprint density at radius 2 is 1.80 bits per heavy atom. The average molecular weight is 207 g/mol. The second-order valence-corrected chi connectivity index (χ2v) is 3.31. The van der Waals surface area contributed by atoms with Crippen LogP contribution < -0.4 is 0 Å². The summed E-state index contributed by atoms with van der Waals surface area (Å²) in [5.74, 6) is 0. The normalized spacial score (nSPS) is 11.5. The summed E-state index contributed by atoms with van der Waals surface area (Å²) >= 11 is 0. The van der Waals surface area contributed by atoms with E-state index in [2.05, 4.69) is 24.0 Å². The predicted octanol–water partition coefficient (Wildman–Crippen LogP) is 2.03. The lowest BCUT2D eigenvalue weighted by atomic mass is 10.2. The van der Waals surface area contributed by atoms with E-state index in [4.69, 9.17) is 9.47 Å². The van der Waals surface area contributed by atoms with Crippen molar-refractivity contribution in [1.82, 2.24) is 0 Å². The van der Waals surface area contributed by atoms with Crippen molar-refractivity contribution in [3.05, 3.63) is 35.4 Å². The van der Waals surface area contributed by atoms with Crippen molar-refractivity contribution in [3.63, 3.8) is 0 Å². The standard InChI is InChI=1S/C12H17NO2/c1-10-4-6-11(7-5-10)8-13-9-12(14-2)15-3/h4-8,12H,9H2,1-3H3/b13-8+. The van der Waals surface area contributed by atoms with Gasteiger partial charge in [0.25, 0.3) is 0 Å². The molecule has 1 aromatic rings. The molecule has 0 saturated carbocycles. The molecule has 0 aliphatic rings. The number of aliphatic imine (C=N–C) groups is 1. The first-order chi connectivity index (χ1) is 7.26. The Hall–Kier alpha value is -1.19. The van der Waals surface area contributed by atoms with Gasteiger partial charge in [0, 0.05) is 20.4 Å². The van der Waals surface area contributed by atoms with E-state index in [1.807, 2.05) is 18.3 Å². The van der Waals surface area contributed by atoms with Gasteiger partial charge < -0.3 is 9.47 Å². The first-order valence-corrected chi connectivity index (χ1v) is 4.88. The van der Waals surface area contributed by atoms with E-state index in [-0.39, 0.29) is 6.29 Å². The molecule has 0 heterocycles. The maximum atomic E-state index is 5.02. The lowest BCUT2D eigenvalue weighted by Crippen LogP contribution is -2.16. The highest BCUT2D eigenvalue weighted by Crippen LogP contribution is 2.00. The van der Waals surface area contributed by atoms with Crippen LogP contribution in [0.15, 0.2) is 29.3 Å². The highest BCUT2D eigenvalue weighted by Gasteiger charge is 2.00. The van der Waals surface area contributed by atoms with Crippen molar-refractivity contribution in [2.45, 2.75) is 13.2 Å². The fourth-order valence-electron chi connectivity index (χ4n) is 1.14. The van der Waals surface area contributed by atoms with Crippen molar-refractivity contribution < 1.29 is 9.47 Å². The summed E-state index contributed by atoms with van der Waals surface area (Å²) in [7, 11) is 3.21. The van der Waals surface area contributed by atoms with Crippen LogP contribution in [0.3, 0.4) is 0 Å². The lowest BCUT2D eigenvalue weighted by molar-refractivity contribution is -0.0936. The molecule has 0 aliphatic carbocycles. The summed E-state index contributed by atoms with van der Waals surface area (Å²) in [6.07, 6.45) is 1.57. The Bertz CT molecular complexity index is 302. The van der Waals surface area contributed by atoms with E-state index in [9.17, 15) is 0 Å². The number of methoxy groups -OCH3 is 2. The first-order valence-electron chi connectivity index (χ1n) is 4.88. The number of ether oxygens (including phenoxy) is 2. The Morgan fingerprint density at radius 3 is 2.33 bits per heavy atom. The minimum Gasteiger partial charge on any atom is -0.354 e. The van der Waals surface area contributed by atoms with E-state index in [0.717, 1.165) is 5.56 Å². The molecule has 0 bridgehead atoms. The minimum absolute atomic E-state index is 0.258. The number of benzene rings is 1. The number of aryl methyl sites for hydroxylation is 1. The smallest absolute Gasteiger partial charge is 0.176 e. The van der Waals surface area contributed by atoms with Crippen molar-refractivity contribution in [1.29, 1.82) is 0 Å². The third-order valence-electron chi connectivity index (χ3n) is 2.10. The molecular formula is C12H17NO2. The maximum Gasteiger partial charge on any atom is 0.176 e. The maximum absolute atomic E-state index is 5.02. The highest BCUT2D eigenvalue weighted by molar-refractivity contribution is 5.79. The van der Waals surface area contributed by atoms with Gasteiger partial charge in [0.05, 0.1) is 6.54 Å². The van der Waals surface area contributed by atoms with Crippen LogP contribution in [0.4, 0.5) is 0 Å². The molecule has 0 N–H and O–H groups in total. The van der Waals surface area contributed by atoms with E-state index >= 15 is 0 Å². The molecule has 3 heteroatoms. The van der Waals surface area contributed by atoms with Crippen LogP contribution >= 0.6 is 0 Å². The third-order valence-corrected chi connectivity index (χ3v) is 2.10. The van der Waals surface area contributed by atoms with E-state index in [0.29, 0.717) is 6.54 Å². The lowest BCUT2D eigenvalue weighted by Gasteiger charge is -2.09. The monoisotopic (exact) mass is 207 g/mol. The van der Waals surface area contributed by atoms with Crippen molar-refractivity contribution in [2.75, 3.05) is 20.8 Å². The van der Waals surface area contributed by atoms with Crippen molar-refractivity contribution >= 4 is 6.21 Å². The Labute approximate surface area is 90.7 Å². The molecule has 3 nitrogen and oxygen atoms in total. The molecule has 0 fully saturated rings. The number of rotatable bonds is 5. The number of nitrogens with zero attached hydrogens (tertiary/aromatic N) is 1. The van der Waals surface area contributed by atoms with Gasteiger partial charge >= 0.3 is 0 Å². The third kappa shape index (κ3) is 4.23. The van der Waals surface area contributed by atoms with Crippen LogP contribution in [-0.4, -0.2) is 33.3 Å². The van der Waals surface area contributed by atoms with Crippen LogP contribution in [0, 0.1) is 6.92 Å². The molecule has 1 aromatic carbocycles. The van der Waals surface area contributed by atoms with Gasteiger partial charge in [-0.15, -0.1) is 0 Å². The largest absolute Gasteiger partial charge is 0.354 e. The van der Waals surface area contributed by atoms with Crippen LogP contribution in [-0.2, 0) is 9.47 Å². The fraction of sp³-hybridized carbons (Fsp3) is 0.417. The molecule has 0 saturated heterocycles. The van der Waals surface area contributed by atoms with Gasteiger partial charge in [-0.1, -0.05) is 29.8 Å². The van der Waals surface area contributed by atoms with E-state index < -0.39 is 0 Å². The first kappa shape index (κ1) is 11.9. The minimum atomic E-state index is -0.258. The fourth-order valence-corrected chi connectivity index (χ4v) is 1.14. The summed E-state index contributed by atoms with van der Waals surface area (Å²) in [6.45, 7) is 2.58. The Kier molecular flexibility index (Phi) is 5.01. The van der Waals surface area contributed by atoms with Gasteiger partial charge in [-0.25, -0.2) is 0 Å². The molecule has 0 aromatic heterocycles. The van der Waals surface area contributed by atoms with Gasteiger partial charge in [0.1, 0.15) is 0 Å². The van der Waals surface area contributed by atoms with E-state index in [1.54, 1.807) is 14.2 Å². The molecule has 0 radical (unpaired) electrons. The van der Waals surface area contributed by atoms with Gasteiger partial charge in [-0.3, -0.25) is 4.99 Å². The summed E-state index contributed by atoms with van der Waals surface area (Å²) in [4.78, 5) is 4.24. The molecular weight excluding hydrogens is 190 g/mol. The Morgan fingerprint density at radius 1 is 1.20 bits per heavy atom. The van der Waals surface area contributed by atoms with Crippen molar-refractivity contribution in [3.8, 4) is 0 Å². The zero-order valence-corrected chi connectivity index (χ0v) is 9.43.